The van der Waals surface area contributed by atoms with E-state index in [1.807, 2.05) is 57.2 Å². The molecule has 0 spiro atoms. The second-order valence-electron chi connectivity index (χ2n) is 6.61. The fourth-order valence-electron chi connectivity index (χ4n) is 3.59. The van der Waals surface area contributed by atoms with Gasteiger partial charge in [-0.3, -0.25) is 9.36 Å². The number of benzene rings is 1. The Morgan fingerprint density at radius 1 is 1.12 bits per heavy atom. The van der Waals surface area contributed by atoms with Crippen LogP contribution in [0.4, 0.5) is 0 Å². The first kappa shape index (κ1) is 15.6. The second kappa shape index (κ2) is 5.88. The number of aryl methyl sites for hydroxylation is 3. The molecule has 4 rings (SSSR count). The summed E-state index contributed by atoms with van der Waals surface area (Å²) in [7, 11) is 0. The number of carbonyl (C=O) groups is 1. The van der Waals surface area contributed by atoms with Crippen molar-refractivity contribution in [1.82, 2.24) is 9.72 Å². The van der Waals surface area contributed by atoms with Crippen LogP contribution in [0.1, 0.15) is 45.1 Å². The molecule has 0 aliphatic heterocycles. The number of ketones is 1. The van der Waals surface area contributed by atoms with Gasteiger partial charge in [-0.2, -0.15) is 0 Å². The predicted octanol–water partition coefficient (Wildman–Crippen LogP) is 4.60. The monoisotopic (exact) mass is 332 g/mol. The molecule has 1 aliphatic rings. The largest absolute Gasteiger partial charge is 0.360 e. The lowest BCUT2D eigenvalue weighted by Gasteiger charge is -2.17. The van der Waals surface area contributed by atoms with Gasteiger partial charge in [-0.25, -0.2) is 0 Å². The van der Waals surface area contributed by atoms with Crippen molar-refractivity contribution < 1.29 is 9.32 Å². The summed E-state index contributed by atoms with van der Waals surface area (Å²) in [6, 6.07) is 11.9. The molecule has 0 saturated carbocycles. The van der Waals surface area contributed by atoms with Crippen LogP contribution in [0.2, 0.25) is 0 Å². The molecule has 4 heteroatoms. The van der Waals surface area contributed by atoms with Gasteiger partial charge in [-0.15, -0.1) is 0 Å². The molecule has 0 amide bonds. The van der Waals surface area contributed by atoms with E-state index in [4.69, 9.17) is 4.52 Å². The van der Waals surface area contributed by atoms with E-state index in [0.29, 0.717) is 0 Å². The number of rotatable bonds is 2. The number of carbonyl (C=O) groups excluding carboxylic acids is 1. The van der Waals surface area contributed by atoms with Crippen LogP contribution in [-0.2, 0) is 6.42 Å². The van der Waals surface area contributed by atoms with E-state index < -0.39 is 0 Å². The Hall–Kier alpha value is -2.88. The fourth-order valence-corrected chi connectivity index (χ4v) is 3.59. The van der Waals surface area contributed by atoms with Gasteiger partial charge in [-0.05, 0) is 56.9 Å². The van der Waals surface area contributed by atoms with Crippen molar-refractivity contribution in [3.05, 3.63) is 75.8 Å². The summed E-state index contributed by atoms with van der Waals surface area (Å²) >= 11 is 0. The van der Waals surface area contributed by atoms with Gasteiger partial charge in [0.15, 0.2) is 11.6 Å². The van der Waals surface area contributed by atoms with Crippen molar-refractivity contribution in [2.75, 3.05) is 0 Å². The van der Waals surface area contributed by atoms with Crippen LogP contribution < -0.4 is 0 Å². The zero-order valence-electron chi connectivity index (χ0n) is 14.7. The molecule has 0 atom stereocenters. The highest BCUT2D eigenvalue weighted by atomic mass is 16.5. The van der Waals surface area contributed by atoms with E-state index in [1.54, 1.807) is 0 Å². The third-order valence-corrected chi connectivity index (χ3v) is 4.86. The highest BCUT2D eigenvalue weighted by Crippen LogP contribution is 2.29. The topological polar surface area (TPSA) is 48.0 Å². The van der Waals surface area contributed by atoms with E-state index in [2.05, 4.69) is 15.8 Å². The van der Waals surface area contributed by atoms with Crippen LogP contribution in [0.5, 0.6) is 0 Å². The van der Waals surface area contributed by atoms with E-state index in [9.17, 15) is 4.79 Å². The van der Waals surface area contributed by atoms with Crippen molar-refractivity contribution in [3.63, 3.8) is 0 Å². The van der Waals surface area contributed by atoms with Gasteiger partial charge < -0.3 is 4.52 Å². The first-order valence-electron chi connectivity index (χ1n) is 8.50. The molecule has 25 heavy (non-hydrogen) atoms. The third kappa shape index (κ3) is 2.64. The Bertz CT molecular complexity index is 1000. The molecule has 0 bridgehead atoms. The van der Waals surface area contributed by atoms with E-state index in [0.717, 1.165) is 58.1 Å². The molecule has 0 saturated heterocycles. The normalized spacial score (nSPS) is 15.6. The van der Waals surface area contributed by atoms with Crippen molar-refractivity contribution in [1.29, 1.82) is 0 Å². The Morgan fingerprint density at radius 2 is 1.92 bits per heavy atom. The van der Waals surface area contributed by atoms with E-state index in [-0.39, 0.29) is 5.78 Å². The van der Waals surface area contributed by atoms with Crippen LogP contribution in [0.15, 0.2) is 46.5 Å². The van der Waals surface area contributed by atoms with Crippen LogP contribution in [0.25, 0.3) is 11.9 Å². The number of nitrogens with zero attached hydrogens (tertiary/aromatic N) is 2. The van der Waals surface area contributed by atoms with E-state index >= 15 is 0 Å². The highest BCUT2D eigenvalue weighted by Gasteiger charge is 2.22. The average Bonchev–Trinajstić information content (AvgIpc) is 3.13. The van der Waals surface area contributed by atoms with Gasteiger partial charge >= 0.3 is 0 Å². The minimum absolute atomic E-state index is 0.143. The van der Waals surface area contributed by atoms with Crippen molar-refractivity contribution in [3.8, 4) is 5.82 Å². The van der Waals surface area contributed by atoms with Gasteiger partial charge in [0.25, 0.3) is 0 Å². The molecule has 2 heterocycles. The number of hydrogen-bond donors (Lipinski definition) is 0. The lowest BCUT2D eigenvalue weighted by Crippen LogP contribution is -2.13. The third-order valence-electron chi connectivity index (χ3n) is 4.86. The fraction of sp³-hybridized carbons (Fsp3) is 0.238. The SMILES string of the molecule is Cc1cc(-n2c(C)cc(/C=C3\CCc4ccccc4C3=O)c2C)no1. The standard InChI is InChI=1S/C21H20N2O2/c1-13-10-18(15(3)23(13)20-11-14(2)25-22-20)12-17-9-8-16-6-4-5-7-19(16)21(17)24/h4-7,10-12H,8-9H2,1-3H3/b17-12+. The summed E-state index contributed by atoms with van der Waals surface area (Å²) in [5, 5.41) is 4.11. The van der Waals surface area contributed by atoms with E-state index in [1.165, 1.54) is 0 Å². The van der Waals surface area contributed by atoms with Gasteiger partial charge in [0.05, 0.1) is 0 Å². The number of aromatic nitrogens is 2. The summed E-state index contributed by atoms with van der Waals surface area (Å²) in [4.78, 5) is 12.8. The van der Waals surface area contributed by atoms with Crippen molar-refractivity contribution in [2.45, 2.75) is 33.6 Å². The smallest absolute Gasteiger partial charge is 0.189 e. The van der Waals surface area contributed by atoms with Crippen LogP contribution in [0.3, 0.4) is 0 Å². The van der Waals surface area contributed by atoms with Gasteiger partial charge in [-0.1, -0.05) is 29.4 Å². The molecule has 0 N–H and O–H groups in total. The minimum Gasteiger partial charge on any atom is -0.360 e. The molecule has 126 valence electrons. The van der Waals surface area contributed by atoms with Crippen molar-refractivity contribution in [2.24, 2.45) is 0 Å². The molecule has 4 nitrogen and oxygen atoms in total. The second-order valence-corrected chi connectivity index (χ2v) is 6.61. The molecular formula is C21H20N2O2. The maximum atomic E-state index is 12.8. The quantitative estimate of drug-likeness (QED) is 0.644. The van der Waals surface area contributed by atoms with Gasteiger partial charge in [0, 0.05) is 28.6 Å². The first-order chi connectivity index (χ1) is 12.0. The molecule has 0 fully saturated rings. The van der Waals surface area contributed by atoms with Crippen LogP contribution >= 0.6 is 0 Å². The maximum Gasteiger partial charge on any atom is 0.189 e. The number of fused-ring (bicyclic) bond motifs is 1. The van der Waals surface area contributed by atoms with Crippen LogP contribution in [0, 0.1) is 20.8 Å². The number of allylic oxidation sites excluding steroid dienone is 1. The minimum atomic E-state index is 0.143. The van der Waals surface area contributed by atoms with Gasteiger partial charge in [0.2, 0.25) is 0 Å². The summed E-state index contributed by atoms with van der Waals surface area (Å²) in [6.07, 6.45) is 3.72. The molecule has 1 aromatic carbocycles. The zero-order valence-corrected chi connectivity index (χ0v) is 14.7. The lowest BCUT2D eigenvalue weighted by atomic mass is 9.86. The number of Topliss-reactive ketones (excluding diaryl/α,β-unsaturated/α-hetero) is 1. The molecule has 0 unspecified atom stereocenters. The summed E-state index contributed by atoms with van der Waals surface area (Å²) in [5.41, 5.74) is 6.04. The van der Waals surface area contributed by atoms with Crippen LogP contribution in [-0.4, -0.2) is 15.5 Å². The Labute approximate surface area is 146 Å². The highest BCUT2D eigenvalue weighted by molar-refractivity contribution is 6.13. The molecule has 0 radical (unpaired) electrons. The zero-order chi connectivity index (χ0) is 17.6. The Balaban J connectivity index is 1.75. The van der Waals surface area contributed by atoms with Crippen molar-refractivity contribution >= 4 is 11.9 Å². The number of hydrogen-bond acceptors (Lipinski definition) is 3. The summed E-state index contributed by atoms with van der Waals surface area (Å²) in [5.74, 6) is 1.70. The Kier molecular flexibility index (Phi) is 3.68. The molecular weight excluding hydrogens is 312 g/mol. The molecule has 1 aliphatic carbocycles. The first-order valence-corrected chi connectivity index (χ1v) is 8.50. The van der Waals surface area contributed by atoms with Gasteiger partial charge in [0.1, 0.15) is 5.76 Å². The average molecular weight is 332 g/mol. The summed E-state index contributed by atoms with van der Waals surface area (Å²) in [6.45, 7) is 5.97. The summed E-state index contributed by atoms with van der Waals surface area (Å²) < 4.78 is 7.26. The maximum absolute atomic E-state index is 12.8. The molecule has 3 aromatic rings. The predicted molar refractivity (Wildman–Crippen MR) is 97.1 cm³/mol. The Morgan fingerprint density at radius 3 is 2.68 bits per heavy atom. The molecule has 2 aromatic heterocycles. The lowest BCUT2D eigenvalue weighted by molar-refractivity contribution is 0.102.